The first-order chi connectivity index (χ1) is 9.58. The highest BCUT2D eigenvalue weighted by Gasteiger charge is 2.48. The SMILES string of the molecule is COC(=O)C1(NCCCN=[N+]=[N-])CCCCC1C(C)C. The maximum atomic E-state index is 12.4. The number of ether oxygens (including phenoxy) is 1. The van der Waals surface area contributed by atoms with Crippen LogP contribution in [0.3, 0.4) is 0 Å². The van der Waals surface area contributed by atoms with Crippen LogP contribution in [-0.2, 0) is 9.53 Å². The molecular weight excluding hydrogens is 256 g/mol. The largest absolute Gasteiger partial charge is 0.468 e. The van der Waals surface area contributed by atoms with Crippen molar-refractivity contribution in [2.75, 3.05) is 20.2 Å². The Morgan fingerprint density at radius 2 is 2.30 bits per heavy atom. The van der Waals surface area contributed by atoms with Crippen molar-refractivity contribution in [2.24, 2.45) is 17.0 Å². The fourth-order valence-corrected chi connectivity index (χ4v) is 3.34. The number of azide groups is 1. The number of esters is 1. The topological polar surface area (TPSA) is 87.1 Å². The van der Waals surface area contributed by atoms with E-state index < -0.39 is 5.54 Å². The average molecular weight is 282 g/mol. The summed E-state index contributed by atoms with van der Waals surface area (Å²) in [5.74, 6) is 0.571. The van der Waals surface area contributed by atoms with Crippen LogP contribution >= 0.6 is 0 Å². The van der Waals surface area contributed by atoms with E-state index in [2.05, 4.69) is 29.2 Å². The summed E-state index contributed by atoms with van der Waals surface area (Å²) in [6.07, 6.45) is 4.82. The zero-order valence-electron chi connectivity index (χ0n) is 12.8. The van der Waals surface area contributed by atoms with Crippen LogP contribution in [0.2, 0.25) is 0 Å². The lowest BCUT2D eigenvalue weighted by molar-refractivity contribution is -0.154. The second-order valence-corrected chi connectivity index (χ2v) is 5.79. The number of methoxy groups -OCH3 is 1. The lowest BCUT2D eigenvalue weighted by Gasteiger charge is -2.44. The number of carbonyl (C=O) groups excluding carboxylic acids is 1. The zero-order chi connectivity index (χ0) is 15.0. The lowest BCUT2D eigenvalue weighted by Crippen LogP contribution is -2.60. The molecule has 0 aromatic heterocycles. The summed E-state index contributed by atoms with van der Waals surface area (Å²) in [5.41, 5.74) is 7.70. The van der Waals surface area contributed by atoms with Crippen molar-refractivity contribution in [1.29, 1.82) is 0 Å². The number of hydrogen-bond acceptors (Lipinski definition) is 4. The molecule has 0 aromatic carbocycles. The minimum absolute atomic E-state index is 0.153. The van der Waals surface area contributed by atoms with E-state index in [0.29, 0.717) is 24.9 Å². The highest BCUT2D eigenvalue weighted by molar-refractivity contribution is 5.81. The van der Waals surface area contributed by atoms with Gasteiger partial charge in [-0.05, 0) is 43.2 Å². The van der Waals surface area contributed by atoms with Gasteiger partial charge in [0, 0.05) is 11.5 Å². The molecule has 0 saturated heterocycles. The van der Waals surface area contributed by atoms with Crippen LogP contribution in [0.25, 0.3) is 10.4 Å². The molecule has 0 amide bonds. The molecular formula is C14H26N4O2. The van der Waals surface area contributed by atoms with Crippen LogP contribution in [-0.4, -0.2) is 31.7 Å². The highest BCUT2D eigenvalue weighted by Crippen LogP contribution is 2.39. The third kappa shape index (κ3) is 3.87. The Morgan fingerprint density at radius 1 is 1.55 bits per heavy atom. The predicted molar refractivity (Wildman–Crippen MR) is 78.2 cm³/mol. The summed E-state index contributed by atoms with van der Waals surface area (Å²) in [5, 5.41) is 6.94. The van der Waals surface area contributed by atoms with Gasteiger partial charge in [0.05, 0.1) is 7.11 Å². The molecule has 114 valence electrons. The van der Waals surface area contributed by atoms with Crippen LogP contribution in [0.4, 0.5) is 0 Å². The third-order valence-electron chi connectivity index (χ3n) is 4.26. The molecule has 1 fully saturated rings. The van der Waals surface area contributed by atoms with E-state index >= 15 is 0 Å². The molecule has 1 N–H and O–H groups in total. The zero-order valence-corrected chi connectivity index (χ0v) is 12.8. The van der Waals surface area contributed by atoms with Gasteiger partial charge in [0.15, 0.2) is 0 Å². The second-order valence-electron chi connectivity index (χ2n) is 5.79. The van der Waals surface area contributed by atoms with Crippen molar-refractivity contribution in [2.45, 2.75) is 51.5 Å². The standard InChI is InChI=1S/C14H26N4O2/c1-11(2)12-7-4-5-8-14(12,13(19)20-3)16-9-6-10-17-18-15/h11-12,16H,4-10H2,1-3H3. The van der Waals surface area contributed by atoms with E-state index in [1.54, 1.807) is 0 Å². The fraction of sp³-hybridized carbons (Fsp3) is 0.929. The number of rotatable bonds is 7. The molecule has 20 heavy (non-hydrogen) atoms. The van der Waals surface area contributed by atoms with Gasteiger partial charge < -0.3 is 10.1 Å². The van der Waals surface area contributed by atoms with E-state index in [-0.39, 0.29) is 5.97 Å². The first-order valence-electron chi connectivity index (χ1n) is 7.42. The molecule has 0 heterocycles. The Morgan fingerprint density at radius 3 is 2.90 bits per heavy atom. The maximum absolute atomic E-state index is 12.4. The summed E-state index contributed by atoms with van der Waals surface area (Å²) in [6.45, 7) is 5.44. The smallest absolute Gasteiger partial charge is 0.326 e. The summed E-state index contributed by atoms with van der Waals surface area (Å²) in [4.78, 5) is 15.1. The van der Waals surface area contributed by atoms with Crippen molar-refractivity contribution in [3.8, 4) is 0 Å². The summed E-state index contributed by atoms with van der Waals surface area (Å²) >= 11 is 0. The molecule has 1 rings (SSSR count). The van der Waals surface area contributed by atoms with Crippen LogP contribution in [0.1, 0.15) is 46.0 Å². The number of nitrogens with zero attached hydrogens (tertiary/aromatic N) is 3. The van der Waals surface area contributed by atoms with Crippen molar-refractivity contribution in [1.82, 2.24) is 5.32 Å². The molecule has 0 spiro atoms. The summed E-state index contributed by atoms with van der Waals surface area (Å²) in [6, 6.07) is 0. The molecule has 2 atom stereocenters. The monoisotopic (exact) mass is 282 g/mol. The Kier molecular flexibility index (Phi) is 6.82. The summed E-state index contributed by atoms with van der Waals surface area (Å²) in [7, 11) is 1.46. The van der Waals surface area contributed by atoms with E-state index in [1.807, 2.05) is 0 Å². The number of carbonyl (C=O) groups is 1. The van der Waals surface area contributed by atoms with Crippen LogP contribution in [0.15, 0.2) is 5.11 Å². The minimum atomic E-state index is -0.572. The molecule has 1 saturated carbocycles. The van der Waals surface area contributed by atoms with Gasteiger partial charge in [0.2, 0.25) is 0 Å². The Hall–Kier alpha value is -1.26. The predicted octanol–water partition coefficient (Wildman–Crippen LogP) is 3.03. The van der Waals surface area contributed by atoms with Gasteiger partial charge in [-0.15, -0.1) is 0 Å². The molecule has 6 heteroatoms. The second kappa shape index (κ2) is 8.12. The number of hydrogen-bond donors (Lipinski definition) is 1. The molecule has 0 radical (unpaired) electrons. The average Bonchev–Trinajstić information content (AvgIpc) is 2.46. The number of nitrogens with one attached hydrogen (secondary N) is 1. The van der Waals surface area contributed by atoms with Gasteiger partial charge in [0.1, 0.15) is 5.54 Å². The Bertz CT molecular complexity index is 366. The molecule has 1 aliphatic carbocycles. The maximum Gasteiger partial charge on any atom is 0.326 e. The third-order valence-corrected chi connectivity index (χ3v) is 4.26. The summed E-state index contributed by atoms with van der Waals surface area (Å²) < 4.78 is 5.07. The van der Waals surface area contributed by atoms with E-state index in [0.717, 1.165) is 25.7 Å². The van der Waals surface area contributed by atoms with E-state index in [4.69, 9.17) is 10.3 Å². The Labute approximate surface area is 120 Å². The molecule has 0 aliphatic heterocycles. The van der Waals surface area contributed by atoms with Crippen molar-refractivity contribution in [3.05, 3.63) is 10.4 Å². The minimum Gasteiger partial charge on any atom is -0.468 e. The van der Waals surface area contributed by atoms with Crippen molar-refractivity contribution >= 4 is 5.97 Å². The van der Waals surface area contributed by atoms with E-state index in [9.17, 15) is 4.79 Å². The molecule has 6 nitrogen and oxygen atoms in total. The first-order valence-corrected chi connectivity index (χ1v) is 7.42. The molecule has 0 aromatic rings. The van der Waals surface area contributed by atoms with Gasteiger partial charge in [0.25, 0.3) is 0 Å². The van der Waals surface area contributed by atoms with E-state index in [1.165, 1.54) is 13.5 Å². The van der Waals surface area contributed by atoms with Gasteiger partial charge in [-0.1, -0.05) is 31.8 Å². The lowest BCUT2D eigenvalue weighted by atomic mass is 9.67. The fourth-order valence-electron chi connectivity index (χ4n) is 3.34. The van der Waals surface area contributed by atoms with Gasteiger partial charge in [-0.25, -0.2) is 0 Å². The molecule has 1 aliphatic rings. The van der Waals surface area contributed by atoms with Gasteiger partial charge in [-0.2, -0.15) is 0 Å². The quantitative estimate of drug-likeness (QED) is 0.256. The Balaban J connectivity index is 2.78. The van der Waals surface area contributed by atoms with Crippen molar-refractivity contribution < 1.29 is 9.53 Å². The highest BCUT2D eigenvalue weighted by atomic mass is 16.5. The molecule has 0 bridgehead atoms. The normalized spacial score (nSPS) is 26.1. The first kappa shape index (κ1) is 16.8. The van der Waals surface area contributed by atoms with Gasteiger partial charge in [-0.3, -0.25) is 4.79 Å². The van der Waals surface area contributed by atoms with Crippen LogP contribution in [0.5, 0.6) is 0 Å². The van der Waals surface area contributed by atoms with Crippen LogP contribution < -0.4 is 5.32 Å². The molecule has 2 unspecified atom stereocenters. The van der Waals surface area contributed by atoms with Gasteiger partial charge >= 0.3 is 5.97 Å². The van der Waals surface area contributed by atoms with Crippen molar-refractivity contribution in [3.63, 3.8) is 0 Å². The van der Waals surface area contributed by atoms with Crippen LogP contribution in [0, 0.1) is 11.8 Å².